The molecule has 1 rings (SSSR count). The highest BCUT2D eigenvalue weighted by Crippen LogP contribution is 2.15. The fourth-order valence-corrected chi connectivity index (χ4v) is 1.17. The average molecular weight is 180 g/mol. The summed E-state index contributed by atoms with van der Waals surface area (Å²) in [6, 6.07) is 7.35. The van der Waals surface area contributed by atoms with E-state index in [0.717, 1.165) is 5.56 Å². The number of allylic oxidation sites excluding steroid dienone is 2. The number of halogens is 1. The summed E-state index contributed by atoms with van der Waals surface area (Å²) in [4.78, 5) is 0. The lowest BCUT2D eigenvalue weighted by atomic mass is 10.1. The highest BCUT2D eigenvalue weighted by atomic mass is 35.5. The third-order valence-corrected chi connectivity index (χ3v) is 1.83. The van der Waals surface area contributed by atoms with Crippen molar-refractivity contribution in [2.24, 2.45) is 0 Å². The number of nitrogens with one attached hydrogen (secondary N) is 1. The molecular formula is C10H10ClN. The van der Waals surface area contributed by atoms with Gasteiger partial charge in [0.2, 0.25) is 0 Å². The minimum absolute atomic E-state index is 0.447. The number of hydrogen-bond donors (Lipinski definition) is 1. The van der Waals surface area contributed by atoms with Crippen LogP contribution in [0.3, 0.4) is 0 Å². The van der Waals surface area contributed by atoms with Crippen LogP contribution in [0, 0.1) is 5.41 Å². The maximum atomic E-state index is 7.60. The Kier molecular flexibility index (Phi) is 3.06. The molecule has 0 saturated heterocycles. The molecule has 0 heterocycles. The van der Waals surface area contributed by atoms with Crippen molar-refractivity contribution < 1.29 is 0 Å². The molecule has 0 radical (unpaired) electrons. The molecule has 0 aliphatic carbocycles. The Hall–Kier alpha value is -1.08. The Labute approximate surface area is 77.2 Å². The zero-order valence-corrected chi connectivity index (χ0v) is 7.60. The van der Waals surface area contributed by atoms with Crippen LogP contribution >= 0.6 is 11.6 Å². The summed E-state index contributed by atoms with van der Waals surface area (Å²) in [5.74, 6) is 0. The van der Waals surface area contributed by atoms with Gasteiger partial charge in [0.25, 0.3) is 0 Å². The first-order chi connectivity index (χ1) is 5.75. The van der Waals surface area contributed by atoms with E-state index in [-0.39, 0.29) is 0 Å². The second kappa shape index (κ2) is 4.07. The molecule has 0 aliphatic heterocycles. The molecule has 0 bridgehead atoms. The van der Waals surface area contributed by atoms with Crippen LogP contribution in [0.15, 0.2) is 36.4 Å². The van der Waals surface area contributed by atoms with Crippen LogP contribution in [-0.2, 0) is 0 Å². The highest BCUT2D eigenvalue weighted by Gasteiger charge is 2.00. The van der Waals surface area contributed by atoms with Gasteiger partial charge < -0.3 is 5.41 Å². The first-order valence-electron chi connectivity index (χ1n) is 3.72. The molecule has 0 fully saturated rings. The fourth-order valence-electron chi connectivity index (χ4n) is 0.936. The van der Waals surface area contributed by atoms with Crippen molar-refractivity contribution >= 4 is 17.3 Å². The van der Waals surface area contributed by atoms with Gasteiger partial charge in [-0.15, -0.1) is 0 Å². The lowest BCUT2D eigenvalue weighted by Gasteiger charge is -2.00. The molecular weight excluding hydrogens is 170 g/mol. The Morgan fingerprint density at radius 2 is 2.08 bits per heavy atom. The standard InChI is InChI=1S/C10H10ClN/c1-2-5-10(12)8-6-3-4-7-9(8)11/h2-7,12H,1H3/b5-2-,12-10?. The molecule has 2 heteroatoms. The summed E-state index contributed by atoms with van der Waals surface area (Å²) in [6.07, 6.45) is 3.55. The molecule has 0 spiro atoms. The molecule has 1 aromatic carbocycles. The number of rotatable bonds is 2. The van der Waals surface area contributed by atoms with E-state index < -0.39 is 0 Å². The van der Waals surface area contributed by atoms with Gasteiger partial charge in [-0.25, -0.2) is 0 Å². The summed E-state index contributed by atoms with van der Waals surface area (Å²) < 4.78 is 0. The summed E-state index contributed by atoms with van der Waals surface area (Å²) in [6.45, 7) is 1.88. The largest absolute Gasteiger partial charge is 0.300 e. The van der Waals surface area contributed by atoms with Crippen molar-refractivity contribution in [3.05, 3.63) is 47.0 Å². The van der Waals surface area contributed by atoms with Crippen LogP contribution in [0.2, 0.25) is 5.02 Å². The van der Waals surface area contributed by atoms with Crippen molar-refractivity contribution in [1.29, 1.82) is 5.41 Å². The van der Waals surface area contributed by atoms with E-state index in [2.05, 4.69) is 0 Å². The van der Waals surface area contributed by atoms with Gasteiger partial charge in [-0.1, -0.05) is 35.9 Å². The molecule has 62 valence electrons. The van der Waals surface area contributed by atoms with Crippen molar-refractivity contribution in [3.8, 4) is 0 Å². The van der Waals surface area contributed by atoms with Gasteiger partial charge in [0.1, 0.15) is 0 Å². The van der Waals surface area contributed by atoms with Gasteiger partial charge in [-0.05, 0) is 19.1 Å². The van der Waals surface area contributed by atoms with Gasteiger partial charge in [0, 0.05) is 10.6 Å². The van der Waals surface area contributed by atoms with Gasteiger partial charge in [0.05, 0.1) is 5.71 Å². The molecule has 1 nitrogen and oxygen atoms in total. The van der Waals surface area contributed by atoms with E-state index in [1.807, 2.05) is 31.2 Å². The molecule has 1 aromatic rings. The first-order valence-corrected chi connectivity index (χ1v) is 4.09. The van der Waals surface area contributed by atoms with E-state index >= 15 is 0 Å². The van der Waals surface area contributed by atoms with Crippen molar-refractivity contribution in [1.82, 2.24) is 0 Å². The third-order valence-electron chi connectivity index (χ3n) is 1.50. The third kappa shape index (κ3) is 1.95. The lowest BCUT2D eigenvalue weighted by molar-refractivity contribution is 1.49. The smallest absolute Gasteiger partial charge is 0.0623 e. The fraction of sp³-hybridized carbons (Fsp3) is 0.100. The second-order valence-corrected chi connectivity index (χ2v) is 2.80. The molecule has 1 N–H and O–H groups in total. The summed E-state index contributed by atoms with van der Waals surface area (Å²) in [5, 5.41) is 8.22. The lowest BCUT2D eigenvalue weighted by Crippen LogP contribution is -1.94. The quantitative estimate of drug-likeness (QED) is 0.674. The van der Waals surface area contributed by atoms with E-state index in [1.54, 1.807) is 12.1 Å². The molecule has 12 heavy (non-hydrogen) atoms. The van der Waals surface area contributed by atoms with Crippen LogP contribution in [0.4, 0.5) is 0 Å². The van der Waals surface area contributed by atoms with Gasteiger partial charge in [0.15, 0.2) is 0 Å². The van der Waals surface area contributed by atoms with E-state index in [9.17, 15) is 0 Å². The van der Waals surface area contributed by atoms with Gasteiger partial charge >= 0.3 is 0 Å². The summed E-state index contributed by atoms with van der Waals surface area (Å²) in [5.41, 5.74) is 1.22. The monoisotopic (exact) mass is 179 g/mol. The molecule has 0 unspecified atom stereocenters. The zero-order chi connectivity index (χ0) is 8.97. The Morgan fingerprint density at radius 3 is 2.67 bits per heavy atom. The predicted molar refractivity (Wildman–Crippen MR) is 53.1 cm³/mol. The van der Waals surface area contributed by atoms with Crippen molar-refractivity contribution in [2.45, 2.75) is 6.92 Å². The first kappa shape index (κ1) is 9.01. The topological polar surface area (TPSA) is 23.9 Å². The highest BCUT2D eigenvalue weighted by molar-refractivity contribution is 6.34. The second-order valence-electron chi connectivity index (χ2n) is 2.39. The number of benzene rings is 1. The molecule has 0 atom stereocenters. The maximum Gasteiger partial charge on any atom is 0.0623 e. The SMILES string of the molecule is C/C=C\C(=N)c1ccccc1Cl. The minimum atomic E-state index is 0.447. The predicted octanol–water partition coefficient (Wildman–Crippen LogP) is 3.28. The Balaban J connectivity index is 3.03. The van der Waals surface area contributed by atoms with Crippen LogP contribution in [0.25, 0.3) is 0 Å². The average Bonchev–Trinajstić information content (AvgIpc) is 2.05. The van der Waals surface area contributed by atoms with Crippen LogP contribution < -0.4 is 0 Å². The molecule has 0 aromatic heterocycles. The van der Waals surface area contributed by atoms with E-state index in [4.69, 9.17) is 17.0 Å². The van der Waals surface area contributed by atoms with Crippen LogP contribution in [0.5, 0.6) is 0 Å². The summed E-state index contributed by atoms with van der Waals surface area (Å²) in [7, 11) is 0. The van der Waals surface area contributed by atoms with Crippen LogP contribution in [0.1, 0.15) is 12.5 Å². The van der Waals surface area contributed by atoms with Gasteiger partial charge in [-0.3, -0.25) is 0 Å². The van der Waals surface area contributed by atoms with Crippen molar-refractivity contribution in [3.63, 3.8) is 0 Å². The normalized spacial score (nSPS) is 10.5. The molecule has 0 aliphatic rings. The van der Waals surface area contributed by atoms with Gasteiger partial charge in [-0.2, -0.15) is 0 Å². The molecule has 0 amide bonds. The summed E-state index contributed by atoms with van der Waals surface area (Å²) >= 11 is 5.88. The zero-order valence-electron chi connectivity index (χ0n) is 6.84. The van der Waals surface area contributed by atoms with E-state index in [0.29, 0.717) is 10.7 Å². The minimum Gasteiger partial charge on any atom is -0.300 e. The molecule has 0 saturated carbocycles. The number of hydrogen-bond acceptors (Lipinski definition) is 1. The van der Waals surface area contributed by atoms with E-state index in [1.165, 1.54) is 0 Å². The maximum absolute atomic E-state index is 7.60. The van der Waals surface area contributed by atoms with Crippen LogP contribution in [-0.4, -0.2) is 5.71 Å². The Morgan fingerprint density at radius 1 is 1.42 bits per heavy atom. The van der Waals surface area contributed by atoms with Crippen molar-refractivity contribution in [2.75, 3.05) is 0 Å². The Bertz CT molecular complexity index is 315.